The molecule has 2 aromatic carbocycles. The highest BCUT2D eigenvalue weighted by atomic mass is 19.1. The fourth-order valence-corrected chi connectivity index (χ4v) is 5.49. The Labute approximate surface area is 209 Å². The number of fused-ring (bicyclic) bond motifs is 4. The Hall–Kier alpha value is -3.59. The molecule has 3 heterocycles. The van der Waals surface area contributed by atoms with E-state index >= 15 is 0 Å². The van der Waals surface area contributed by atoms with Crippen molar-refractivity contribution in [2.24, 2.45) is 5.92 Å². The summed E-state index contributed by atoms with van der Waals surface area (Å²) in [5.41, 5.74) is 1.59. The fraction of sp³-hybridized carbons (Fsp3) is 0.407. The molecular weight excluding hydrogens is 463 g/mol. The van der Waals surface area contributed by atoms with Crippen molar-refractivity contribution in [3.05, 3.63) is 59.0 Å². The van der Waals surface area contributed by atoms with Crippen LogP contribution in [0.3, 0.4) is 0 Å². The molecule has 3 aromatic rings. The van der Waals surface area contributed by atoms with Crippen molar-refractivity contribution in [2.75, 3.05) is 26.7 Å². The summed E-state index contributed by atoms with van der Waals surface area (Å²) in [6.07, 6.45) is 0.271. The molecule has 0 spiro atoms. The molecule has 3 amide bonds. The molecule has 1 fully saturated rings. The van der Waals surface area contributed by atoms with Gasteiger partial charge in [-0.15, -0.1) is 0 Å². The minimum Gasteiger partial charge on any atom is -0.508 e. The summed E-state index contributed by atoms with van der Waals surface area (Å²) in [4.78, 5) is 33.8. The summed E-state index contributed by atoms with van der Waals surface area (Å²) >= 11 is 0. The number of hydrogen-bond acceptors (Lipinski definition) is 5. The lowest BCUT2D eigenvalue weighted by Gasteiger charge is -2.42. The van der Waals surface area contributed by atoms with E-state index in [-0.39, 0.29) is 36.4 Å². The van der Waals surface area contributed by atoms with E-state index in [2.05, 4.69) is 24.1 Å². The number of amides is 3. The van der Waals surface area contributed by atoms with Crippen molar-refractivity contribution in [1.82, 2.24) is 20.1 Å². The number of methoxy groups -OCH3 is 1. The van der Waals surface area contributed by atoms with Gasteiger partial charge in [0.15, 0.2) is 11.6 Å². The first-order chi connectivity index (χ1) is 17.2. The highest BCUT2D eigenvalue weighted by Gasteiger charge is 2.60. The number of phenols is 1. The summed E-state index contributed by atoms with van der Waals surface area (Å²) in [6, 6.07) is 8.63. The molecule has 36 heavy (non-hydrogen) atoms. The molecule has 9 heteroatoms. The predicted molar refractivity (Wildman–Crippen MR) is 134 cm³/mol. The quantitative estimate of drug-likeness (QED) is 0.342. The van der Waals surface area contributed by atoms with Crippen LogP contribution in [-0.4, -0.2) is 64.1 Å². The number of aromatic nitrogens is 1. The fourth-order valence-electron chi connectivity index (χ4n) is 5.49. The minimum atomic E-state index is -1.14. The molecule has 2 aliphatic heterocycles. The molecule has 1 unspecified atom stereocenters. The minimum absolute atomic E-state index is 0.0536. The van der Waals surface area contributed by atoms with E-state index in [1.54, 1.807) is 36.1 Å². The van der Waals surface area contributed by atoms with E-state index in [1.165, 1.54) is 18.1 Å². The zero-order chi connectivity index (χ0) is 25.8. The largest absolute Gasteiger partial charge is 0.508 e. The molecule has 3 N–H and O–H groups in total. The molecule has 0 radical (unpaired) electrons. The number of nitrogens with one attached hydrogen (secondary N) is 2. The molecule has 0 bridgehead atoms. The lowest BCUT2D eigenvalue weighted by Crippen LogP contribution is -2.53. The van der Waals surface area contributed by atoms with Crippen molar-refractivity contribution in [2.45, 2.75) is 38.8 Å². The lowest BCUT2D eigenvalue weighted by atomic mass is 9.81. The molecule has 2 aliphatic rings. The number of nitrogens with zero attached hydrogens (tertiary/aromatic N) is 2. The number of urea groups is 1. The van der Waals surface area contributed by atoms with Gasteiger partial charge in [-0.3, -0.25) is 14.6 Å². The first-order valence-electron chi connectivity index (χ1n) is 12.2. The van der Waals surface area contributed by atoms with E-state index in [1.807, 2.05) is 6.07 Å². The number of imide groups is 1. The number of benzene rings is 2. The van der Waals surface area contributed by atoms with Crippen LogP contribution in [0.4, 0.5) is 9.18 Å². The van der Waals surface area contributed by atoms with Gasteiger partial charge >= 0.3 is 6.03 Å². The third kappa shape index (κ3) is 3.69. The average molecular weight is 495 g/mol. The summed E-state index contributed by atoms with van der Waals surface area (Å²) in [5.74, 6) is -0.154. The number of halogens is 1. The molecular formula is C27H31FN4O4. The molecule has 8 nitrogen and oxygen atoms in total. The Morgan fingerprint density at radius 2 is 2.06 bits per heavy atom. The number of ether oxygens (including phenoxy) is 1. The normalized spacial score (nSPS) is 21.4. The van der Waals surface area contributed by atoms with E-state index < -0.39 is 17.4 Å². The van der Waals surface area contributed by atoms with Crippen LogP contribution < -0.4 is 10.1 Å². The van der Waals surface area contributed by atoms with Gasteiger partial charge < -0.3 is 20.1 Å². The van der Waals surface area contributed by atoms with Crippen LogP contribution in [0, 0.1) is 11.7 Å². The van der Waals surface area contributed by atoms with Gasteiger partial charge in [0.1, 0.15) is 17.3 Å². The third-order valence-electron chi connectivity index (χ3n) is 7.19. The second-order valence-corrected chi connectivity index (χ2v) is 10.2. The number of carbonyl (C=O) groups is 2. The zero-order valence-electron chi connectivity index (χ0n) is 20.9. The van der Waals surface area contributed by atoms with Gasteiger partial charge in [-0.25, -0.2) is 9.18 Å². The van der Waals surface area contributed by atoms with E-state index in [0.717, 1.165) is 17.5 Å². The van der Waals surface area contributed by atoms with Crippen LogP contribution in [0.15, 0.2) is 36.4 Å². The van der Waals surface area contributed by atoms with E-state index in [0.29, 0.717) is 29.2 Å². The van der Waals surface area contributed by atoms with Gasteiger partial charge in [0.25, 0.3) is 5.91 Å². The maximum atomic E-state index is 14.5. The smallest absolute Gasteiger partial charge is 0.328 e. The first-order valence-corrected chi connectivity index (χ1v) is 12.2. The molecule has 1 saturated heterocycles. The average Bonchev–Trinajstić information content (AvgIpc) is 3.26. The van der Waals surface area contributed by atoms with Crippen molar-refractivity contribution >= 4 is 22.8 Å². The second-order valence-electron chi connectivity index (χ2n) is 10.2. The monoisotopic (exact) mass is 494 g/mol. The van der Waals surface area contributed by atoms with Crippen LogP contribution in [0.25, 0.3) is 10.9 Å². The van der Waals surface area contributed by atoms with Crippen LogP contribution in [0.2, 0.25) is 0 Å². The number of rotatable bonds is 7. The maximum Gasteiger partial charge on any atom is 0.328 e. The number of H-pyrrole nitrogens is 1. The summed E-state index contributed by atoms with van der Waals surface area (Å²) in [7, 11) is 1.41. The Kier molecular flexibility index (Phi) is 5.90. The summed E-state index contributed by atoms with van der Waals surface area (Å²) in [6.45, 7) is 7.53. The van der Waals surface area contributed by atoms with Crippen LogP contribution in [-0.2, 0) is 11.2 Å². The molecule has 5 rings (SSSR count). The van der Waals surface area contributed by atoms with Gasteiger partial charge in [0, 0.05) is 42.2 Å². The predicted octanol–water partition coefficient (Wildman–Crippen LogP) is 3.94. The first kappa shape index (κ1) is 24.1. The molecule has 0 aliphatic carbocycles. The lowest BCUT2D eigenvalue weighted by molar-refractivity contribution is -0.133. The number of aromatic amines is 1. The molecule has 1 aromatic heterocycles. The Morgan fingerprint density at radius 1 is 1.28 bits per heavy atom. The van der Waals surface area contributed by atoms with Crippen LogP contribution in [0.1, 0.15) is 43.6 Å². The summed E-state index contributed by atoms with van der Waals surface area (Å²) in [5, 5.41) is 14.3. The molecule has 0 saturated carbocycles. The van der Waals surface area contributed by atoms with Gasteiger partial charge in [0.05, 0.1) is 7.11 Å². The number of hydrogen-bond donors (Lipinski definition) is 3. The van der Waals surface area contributed by atoms with Crippen LogP contribution >= 0.6 is 0 Å². The Bertz CT molecular complexity index is 1350. The second kappa shape index (κ2) is 8.81. The van der Waals surface area contributed by atoms with Crippen LogP contribution in [0.5, 0.6) is 11.5 Å². The Balaban J connectivity index is 1.63. The number of carbonyl (C=O) groups excluding carboxylic acids is 2. The zero-order valence-corrected chi connectivity index (χ0v) is 20.9. The van der Waals surface area contributed by atoms with Gasteiger partial charge in [-0.2, -0.15) is 0 Å². The number of aromatic hydroxyl groups is 1. The highest BCUT2D eigenvalue weighted by Crippen LogP contribution is 2.49. The van der Waals surface area contributed by atoms with Gasteiger partial charge in [-0.05, 0) is 48.7 Å². The van der Waals surface area contributed by atoms with E-state index in [9.17, 15) is 19.1 Å². The number of phenolic OH excluding ortho intramolecular Hbond substituents is 1. The van der Waals surface area contributed by atoms with E-state index in [4.69, 9.17) is 4.74 Å². The van der Waals surface area contributed by atoms with Crippen molar-refractivity contribution in [3.8, 4) is 11.5 Å². The summed E-state index contributed by atoms with van der Waals surface area (Å²) < 4.78 is 19.7. The topological polar surface area (TPSA) is 97.9 Å². The SMILES string of the molecule is COc1cc2c3c([nH]c2cc1F)[C@@H](c1cccc(O)c1)N1C(=O)N(CCNCC(C)C)C(=O)C1(C)C3. The maximum absolute atomic E-state index is 14.5. The molecule has 2 atom stereocenters. The molecule has 190 valence electrons. The Morgan fingerprint density at radius 3 is 2.75 bits per heavy atom. The standard InChI is InChI=1S/C27H31FN4O4/c1-15(2)14-29-8-9-31-25(34)27(3)13-19-18-11-22(36-4)20(28)12-21(18)30-23(19)24(32(27)26(31)35)16-6-5-7-17(33)10-16/h5-7,10-12,15,24,29-30,33H,8-9,13-14H2,1-4H3/t24-,27?/m1/s1. The third-order valence-corrected chi connectivity index (χ3v) is 7.19. The highest BCUT2D eigenvalue weighted by molar-refractivity contribution is 6.08. The van der Waals surface area contributed by atoms with Crippen molar-refractivity contribution < 1.29 is 23.8 Å². The van der Waals surface area contributed by atoms with Crippen molar-refractivity contribution in [1.29, 1.82) is 0 Å². The van der Waals surface area contributed by atoms with Gasteiger partial charge in [-0.1, -0.05) is 26.0 Å². The van der Waals surface area contributed by atoms with Crippen molar-refractivity contribution in [3.63, 3.8) is 0 Å². The van der Waals surface area contributed by atoms with Gasteiger partial charge in [0.2, 0.25) is 0 Å².